The number of hydrogen-bond donors (Lipinski definition) is 0. The molecule has 3 nitrogen and oxygen atoms in total. The summed E-state index contributed by atoms with van der Waals surface area (Å²) in [6, 6.07) is 4.81. The highest BCUT2D eigenvalue weighted by Gasteiger charge is 2.38. The fourth-order valence-corrected chi connectivity index (χ4v) is 4.34. The summed E-state index contributed by atoms with van der Waals surface area (Å²) in [5.74, 6) is -0.226. The SMILES string of the molecule is CC(Cn1nc(I)c2cc(F)ccc21)O[Si](C)(C)C(C)(C)C. The van der Waals surface area contributed by atoms with E-state index in [0.717, 1.165) is 14.6 Å². The molecule has 0 aliphatic carbocycles. The van der Waals surface area contributed by atoms with Gasteiger partial charge < -0.3 is 4.43 Å². The molecule has 2 rings (SSSR count). The van der Waals surface area contributed by atoms with Gasteiger partial charge in [-0.2, -0.15) is 5.10 Å². The number of nitrogens with zero attached hydrogens (tertiary/aromatic N) is 2. The fraction of sp³-hybridized carbons (Fsp3) is 0.562. The van der Waals surface area contributed by atoms with Crippen LogP contribution in [0.4, 0.5) is 4.39 Å². The van der Waals surface area contributed by atoms with E-state index in [4.69, 9.17) is 4.43 Å². The van der Waals surface area contributed by atoms with Gasteiger partial charge in [0, 0.05) is 5.39 Å². The zero-order valence-electron chi connectivity index (χ0n) is 14.1. The molecule has 0 fully saturated rings. The monoisotopic (exact) mass is 434 g/mol. The molecule has 0 saturated heterocycles. The van der Waals surface area contributed by atoms with Crippen molar-refractivity contribution in [2.24, 2.45) is 0 Å². The van der Waals surface area contributed by atoms with Crippen molar-refractivity contribution in [2.45, 2.75) is 58.5 Å². The second-order valence-electron chi connectivity index (χ2n) is 7.32. The lowest BCUT2D eigenvalue weighted by Gasteiger charge is -2.38. The van der Waals surface area contributed by atoms with Crippen LogP contribution in [0.1, 0.15) is 27.7 Å². The van der Waals surface area contributed by atoms with Crippen LogP contribution in [0.25, 0.3) is 10.9 Å². The highest BCUT2D eigenvalue weighted by atomic mass is 127. The summed E-state index contributed by atoms with van der Waals surface area (Å²) in [5.41, 5.74) is 0.955. The zero-order valence-corrected chi connectivity index (χ0v) is 17.2. The number of benzene rings is 1. The van der Waals surface area contributed by atoms with E-state index in [9.17, 15) is 4.39 Å². The van der Waals surface area contributed by atoms with Gasteiger partial charge in [0.05, 0.1) is 18.2 Å². The topological polar surface area (TPSA) is 27.1 Å². The molecule has 6 heteroatoms. The van der Waals surface area contributed by atoms with Crippen LogP contribution < -0.4 is 0 Å². The van der Waals surface area contributed by atoms with Crippen molar-refractivity contribution in [3.05, 3.63) is 27.7 Å². The molecule has 0 aliphatic rings. The second-order valence-corrected chi connectivity index (χ2v) is 13.1. The summed E-state index contributed by atoms with van der Waals surface area (Å²) in [4.78, 5) is 0. The first-order chi connectivity index (χ1) is 10.0. The van der Waals surface area contributed by atoms with Crippen LogP contribution in [0.2, 0.25) is 18.1 Å². The minimum atomic E-state index is -1.79. The third kappa shape index (κ3) is 3.71. The van der Waals surface area contributed by atoms with Gasteiger partial charge in [0.1, 0.15) is 9.52 Å². The first-order valence-corrected chi connectivity index (χ1v) is 11.5. The first-order valence-electron chi connectivity index (χ1n) is 7.50. The third-order valence-corrected chi connectivity index (χ3v) is 9.80. The molecule has 2 aromatic rings. The van der Waals surface area contributed by atoms with Crippen molar-refractivity contribution in [2.75, 3.05) is 0 Å². The Morgan fingerprint density at radius 2 is 2.00 bits per heavy atom. The maximum absolute atomic E-state index is 13.4. The maximum Gasteiger partial charge on any atom is 0.192 e. The summed E-state index contributed by atoms with van der Waals surface area (Å²) in [7, 11) is -1.79. The van der Waals surface area contributed by atoms with E-state index in [0.29, 0.717) is 6.54 Å². The molecule has 1 aromatic heterocycles. The average molecular weight is 434 g/mol. The van der Waals surface area contributed by atoms with Gasteiger partial charge in [-0.15, -0.1) is 0 Å². The lowest BCUT2D eigenvalue weighted by molar-refractivity contribution is 0.175. The first kappa shape index (κ1) is 17.9. The van der Waals surface area contributed by atoms with E-state index in [1.165, 1.54) is 6.07 Å². The lowest BCUT2D eigenvalue weighted by Crippen LogP contribution is -2.44. The van der Waals surface area contributed by atoms with Crippen molar-refractivity contribution in [3.8, 4) is 0 Å². The van der Waals surface area contributed by atoms with E-state index in [2.05, 4.69) is 68.5 Å². The summed E-state index contributed by atoms with van der Waals surface area (Å²) in [5, 5.41) is 5.58. The van der Waals surface area contributed by atoms with Crippen LogP contribution in [0, 0.1) is 9.52 Å². The van der Waals surface area contributed by atoms with Crippen molar-refractivity contribution in [3.63, 3.8) is 0 Å². The summed E-state index contributed by atoms with van der Waals surface area (Å²) in [6.07, 6.45) is 0.0739. The van der Waals surface area contributed by atoms with Crippen molar-refractivity contribution >= 4 is 41.8 Å². The Morgan fingerprint density at radius 3 is 2.59 bits per heavy atom. The maximum atomic E-state index is 13.4. The highest BCUT2D eigenvalue weighted by Crippen LogP contribution is 2.37. The Hall–Kier alpha value is -0.473. The molecule has 122 valence electrons. The number of fused-ring (bicyclic) bond motifs is 1. The predicted molar refractivity (Wildman–Crippen MR) is 100 cm³/mol. The zero-order chi connectivity index (χ0) is 16.7. The third-order valence-electron chi connectivity index (χ3n) is 4.40. The quantitative estimate of drug-likeness (QED) is 0.489. The molecular formula is C16H24FIN2OSi. The van der Waals surface area contributed by atoms with Crippen molar-refractivity contribution < 1.29 is 8.82 Å². The largest absolute Gasteiger partial charge is 0.412 e. The molecule has 0 radical (unpaired) electrons. The van der Waals surface area contributed by atoms with E-state index in [1.807, 2.05) is 4.68 Å². The van der Waals surface area contributed by atoms with Crippen molar-refractivity contribution in [1.29, 1.82) is 0 Å². The molecule has 0 saturated carbocycles. The minimum absolute atomic E-state index is 0.0739. The predicted octanol–water partition coefficient (Wildman–Crippen LogP) is 5.19. The normalized spacial score (nSPS) is 14.5. The molecule has 0 amide bonds. The van der Waals surface area contributed by atoms with Crippen LogP contribution in [0.15, 0.2) is 18.2 Å². The molecule has 1 heterocycles. The van der Waals surface area contributed by atoms with Crippen LogP contribution in [0.5, 0.6) is 0 Å². The van der Waals surface area contributed by atoms with Crippen LogP contribution in [-0.2, 0) is 11.0 Å². The summed E-state index contributed by atoms with van der Waals surface area (Å²) >= 11 is 2.15. The molecule has 1 aromatic carbocycles. The number of halogens is 2. The molecule has 0 bridgehead atoms. The van der Waals surface area contributed by atoms with Gasteiger partial charge in [-0.3, -0.25) is 4.68 Å². The van der Waals surface area contributed by atoms with E-state index in [-0.39, 0.29) is 17.0 Å². The molecule has 22 heavy (non-hydrogen) atoms. The minimum Gasteiger partial charge on any atom is -0.412 e. The highest BCUT2D eigenvalue weighted by molar-refractivity contribution is 14.1. The molecular weight excluding hydrogens is 410 g/mol. The van der Waals surface area contributed by atoms with Gasteiger partial charge in [0.25, 0.3) is 0 Å². The summed E-state index contributed by atoms with van der Waals surface area (Å²) in [6.45, 7) is 14.0. The van der Waals surface area contributed by atoms with Gasteiger partial charge in [-0.1, -0.05) is 20.8 Å². The number of hydrogen-bond acceptors (Lipinski definition) is 2. The fourth-order valence-electron chi connectivity index (χ4n) is 2.21. The Labute approximate surface area is 146 Å². The molecule has 0 N–H and O–H groups in total. The van der Waals surface area contributed by atoms with Gasteiger partial charge in [-0.25, -0.2) is 4.39 Å². The van der Waals surface area contributed by atoms with E-state index in [1.54, 1.807) is 12.1 Å². The Morgan fingerprint density at radius 1 is 1.36 bits per heavy atom. The van der Waals surface area contributed by atoms with Crippen LogP contribution in [-0.4, -0.2) is 24.2 Å². The molecule has 1 atom stereocenters. The standard InChI is InChI=1S/C16H24FIN2OSi/c1-11(21-22(5,6)16(2,3)4)10-20-14-8-7-12(17)9-13(14)15(18)19-20/h7-9,11H,10H2,1-6H3. The van der Waals surface area contributed by atoms with E-state index < -0.39 is 8.32 Å². The van der Waals surface area contributed by atoms with E-state index >= 15 is 0 Å². The lowest BCUT2D eigenvalue weighted by atomic mass is 10.2. The number of aromatic nitrogens is 2. The summed E-state index contributed by atoms with van der Waals surface area (Å²) < 4.78 is 22.5. The van der Waals surface area contributed by atoms with Crippen LogP contribution >= 0.6 is 22.6 Å². The second kappa shape index (κ2) is 6.20. The molecule has 0 aliphatic heterocycles. The number of rotatable bonds is 4. The van der Waals surface area contributed by atoms with Gasteiger partial charge in [-0.05, 0) is 65.8 Å². The molecule has 1 unspecified atom stereocenters. The average Bonchev–Trinajstić information content (AvgIpc) is 2.63. The van der Waals surface area contributed by atoms with Crippen LogP contribution in [0.3, 0.4) is 0 Å². The van der Waals surface area contributed by atoms with Crippen molar-refractivity contribution in [1.82, 2.24) is 9.78 Å². The Bertz CT molecular complexity index is 679. The van der Waals surface area contributed by atoms with Gasteiger partial charge in [0.15, 0.2) is 8.32 Å². The van der Waals surface area contributed by atoms with Gasteiger partial charge in [0.2, 0.25) is 0 Å². The van der Waals surface area contributed by atoms with Gasteiger partial charge >= 0.3 is 0 Å². The Kier molecular flexibility index (Phi) is 5.04. The molecule has 0 spiro atoms. The smallest absolute Gasteiger partial charge is 0.192 e. The Balaban J connectivity index is 2.21.